The second-order valence-corrected chi connectivity index (χ2v) is 8.18. The predicted octanol–water partition coefficient (Wildman–Crippen LogP) is 5.34. The van der Waals surface area contributed by atoms with Crippen molar-refractivity contribution in [1.82, 2.24) is 0 Å². The van der Waals surface area contributed by atoms with Crippen LogP contribution in [-0.4, -0.2) is 19.2 Å². The van der Waals surface area contributed by atoms with Gasteiger partial charge in [-0.05, 0) is 73.8 Å². The Balaban J connectivity index is 1.46. The second kappa shape index (κ2) is 6.66. The molecule has 0 aliphatic heterocycles. The summed E-state index contributed by atoms with van der Waals surface area (Å²) in [5, 5.41) is 0. The first kappa shape index (κ1) is 18.0. The normalized spacial score (nSPS) is 26.0. The molecule has 0 aromatic heterocycles. The molecular weight excluding hydrogens is 343 g/mol. The molecule has 4 rings (SSSR count). The molecule has 0 heterocycles. The minimum atomic E-state index is -0.250. The molecule has 0 N–H and O–H groups in total. The van der Waals surface area contributed by atoms with Crippen LogP contribution in [0.4, 0.5) is 4.39 Å². The molecule has 2 aromatic carbocycles. The smallest absolute Gasteiger partial charge is 0.309 e. The van der Waals surface area contributed by atoms with Crippen LogP contribution in [0.3, 0.4) is 0 Å². The second-order valence-electron chi connectivity index (χ2n) is 8.18. The summed E-state index contributed by atoms with van der Waals surface area (Å²) >= 11 is 0. The van der Waals surface area contributed by atoms with Gasteiger partial charge in [-0.2, -0.15) is 0 Å². The molecule has 3 nitrogen and oxygen atoms in total. The molecule has 0 saturated heterocycles. The first-order valence-corrected chi connectivity index (χ1v) is 9.56. The van der Waals surface area contributed by atoms with E-state index in [0.29, 0.717) is 17.2 Å². The number of hydrogen-bond acceptors (Lipinski definition) is 3. The number of carbonyl (C=O) groups excluding carboxylic acids is 1. The zero-order chi connectivity index (χ0) is 19.2. The summed E-state index contributed by atoms with van der Waals surface area (Å²) in [4.78, 5) is 11.7. The van der Waals surface area contributed by atoms with Crippen LogP contribution in [0.15, 0.2) is 42.5 Å². The molecule has 2 aliphatic rings. The van der Waals surface area contributed by atoms with Crippen molar-refractivity contribution in [2.24, 2.45) is 11.3 Å². The summed E-state index contributed by atoms with van der Waals surface area (Å²) < 4.78 is 24.8. The van der Waals surface area contributed by atoms with E-state index in [1.54, 1.807) is 12.1 Å². The Labute approximate surface area is 159 Å². The molecule has 0 bridgehead atoms. The molecule has 0 amide bonds. The maximum absolute atomic E-state index is 14.3. The molecule has 0 radical (unpaired) electrons. The number of methoxy groups -OCH3 is 1. The van der Waals surface area contributed by atoms with Crippen molar-refractivity contribution in [2.45, 2.75) is 45.1 Å². The third-order valence-corrected chi connectivity index (χ3v) is 5.98. The lowest BCUT2D eigenvalue weighted by atomic mass is 9.67. The molecule has 2 fully saturated rings. The summed E-state index contributed by atoms with van der Waals surface area (Å²) in [6.07, 6.45) is 3.09. The van der Waals surface area contributed by atoms with Crippen LogP contribution in [0.25, 0.3) is 11.1 Å². The predicted molar refractivity (Wildman–Crippen MR) is 102 cm³/mol. The zero-order valence-electron chi connectivity index (χ0n) is 16.0. The fourth-order valence-corrected chi connectivity index (χ4v) is 4.44. The Morgan fingerprint density at radius 3 is 2.44 bits per heavy atom. The van der Waals surface area contributed by atoms with Crippen molar-refractivity contribution in [3.8, 4) is 16.9 Å². The van der Waals surface area contributed by atoms with Crippen molar-refractivity contribution < 1.29 is 18.7 Å². The topological polar surface area (TPSA) is 35.5 Å². The van der Waals surface area contributed by atoms with Gasteiger partial charge in [0.25, 0.3) is 0 Å². The zero-order valence-corrected chi connectivity index (χ0v) is 16.0. The highest BCUT2D eigenvalue weighted by molar-refractivity contribution is 5.77. The minimum absolute atomic E-state index is 0.0489. The monoisotopic (exact) mass is 368 g/mol. The Morgan fingerprint density at radius 2 is 1.81 bits per heavy atom. The van der Waals surface area contributed by atoms with E-state index in [9.17, 15) is 9.18 Å². The van der Waals surface area contributed by atoms with E-state index >= 15 is 0 Å². The number of benzene rings is 2. The summed E-state index contributed by atoms with van der Waals surface area (Å²) in [5.74, 6) is 0.932. The third-order valence-electron chi connectivity index (χ3n) is 5.98. The highest BCUT2D eigenvalue weighted by atomic mass is 19.1. The fraction of sp³-hybridized carbons (Fsp3) is 0.435. The van der Waals surface area contributed by atoms with Crippen LogP contribution >= 0.6 is 0 Å². The number of rotatable bonds is 5. The number of ether oxygens (including phenoxy) is 2. The van der Waals surface area contributed by atoms with Gasteiger partial charge in [-0.3, -0.25) is 4.79 Å². The Hall–Kier alpha value is -2.36. The first-order valence-electron chi connectivity index (χ1n) is 9.56. The van der Waals surface area contributed by atoms with Gasteiger partial charge in [-0.15, -0.1) is 0 Å². The Morgan fingerprint density at radius 1 is 1.11 bits per heavy atom. The van der Waals surface area contributed by atoms with Crippen LogP contribution in [0, 0.1) is 17.2 Å². The van der Waals surface area contributed by atoms with Crippen molar-refractivity contribution in [1.29, 1.82) is 0 Å². The third kappa shape index (κ3) is 3.33. The molecule has 1 atom stereocenters. The quantitative estimate of drug-likeness (QED) is 0.669. The number of carbonyl (C=O) groups is 1. The molecule has 2 aliphatic carbocycles. The van der Waals surface area contributed by atoms with Gasteiger partial charge in [0, 0.05) is 5.56 Å². The van der Waals surface area contributed by atoms with E-state index < -0.39 is 0 Å². The minimum Gasteiger partial charge on any atom is -0.491 e. The van der Waals surface area contributed by atoms with Gasteiger partial charge in [0.2, 0.25) is 0 Å². The highest BCUT2D eigenvalue weighted by Gasteiger charge is 2.65. The van der Waals surface area contributed by atoms with E-state index in [1.807, 2.05) is 26.0 Å². The molecule has 27 heavy (non-hydrogen) atoms. The van der Waals surface area contributed by atoms with E-state index in [-0.39, 0.29) is 29.2 Å². The lowest BCUT2D eigenvalue weighted by Crippen LogP contribution is -2.27. The fourth-order valence-electron chi connectivity index (χ4n) is 4.44. The van der Waals surface area contributed by atoms with Crippen LogP contribution in [-0.2, 0) is 9.53 Å². The average molecular weight is 368 g/mol. The number of hydrogen-bond donors (Lipinski definition) is 0. The lowest BCUT2D eigenvalue weighted by molar-refractivity contribution is -0.143. The molecule has 2 saturated carbocycles. The number of esters is 1. The van der Waals surface area contributed by atoms with E-state index in [0.717, 1.165) is 24.8 Å². The summed E-state index contributed by atoms with van der Waals surface area (Å²) in [5.41, 5.74) is 2.84. The Kier molecular flexibility index (Phi) is 4.45. The van der Waals surface area contributed by atoms with Gasteiger partial charge in [0.15, 0.2) is 0 Å². The van der Waals surface area contributed by atoms with Crippen molar-refractivity contribution >= 4 is 5.97 Å². The van der Waals surface area contributed by atoms with Gasteiger partial charge in [-0.25, -0.2) is 4.39 Å². The van der Waals surface area contributed by atoms with E-state index in [4.69, 9.17) is 9.47 Å². The van der Waals surface area contributed by atoms with Gasteiger partial charge < -0.3 is 9.47 Å². The van der Waals surface area contributed by atoms with Gasteiger partial charge in [0.1, 0.15) is 11.6 Å². The molecule has 4 heteroatoms. The SMILES string of the molecule is COC(=O)C1CC12CC(c1ccc(-c3cc(OC(C)C)ccc3F)cc1)C2. The van der Waals surface area contributed by atoms with Crippen LogP contribution in [0.2, 0.25) is 0 Å². The standard InChI is InChI=1S/C23H25FO3/c1-14(2)27-18-8-9-21(24)19(10-18)16-6-4-15(5-7-16)17-11-23(12-17)13-20(23)22(25)26-3/h4-10,14,17,20H,11-13H2,1-3H3. The molecule has 2 aromatic rings. The van der Waals surface area contributed by atoms with Crippen molar-refractivity contribution in [2.75, 3.05) is 7.11 Å². The van der Waals surface area contributed by atoms with Gasteiger partial charge in [0.05, 0.1) is 19.1 Å². The molecule has 1 spiro atoms. The van der Waals surface area contributed by atoms with Gasteiger partial charge in [-0.1, -0.05) is 24.3 Å². The van der Waals surface area contributed by atoms with Crippen LogP contribution in [0.5, 0.6) is 5.75 Å². The maximum atomic E-state index is 14.3. The van der Waals surface area contributed by atoms with Crippen molar-refractivity contribution in [3.05, 3.63) is 53.8 Å². The van der Waals surface area contributed by atoms with Crippen LogP contribution < -0.4 is 4.74 Å². The molecule has 1 unspecified atom stereocenters. The van der Waals surface area contributed by atoms with Gasteiger partial charge >= 0.3 is 5.97 Å². The highest BCUT2D eigenvalue weighted by Crippen LogP contribution is 2.70. The molecule has 142 valence electrons. The summed E-state index contributed by atoms with van der Waals surface area (Å²) in [6.45, 7) is 3.90. The Bertz CT molecular complexity index is 850. The number of halogens is 1. The summed E-state index contributed by atoms with van der Waals surface area (Å²) in [7, 11) is 1.46. The van der Waals surface area contributed by atoms with E-state index in [1.165, 1.54) is 18.7 Å². The van der Waals surface area contributed by atoms with Crippen molar-refractivity contribution in [3.63, 3.8) is 0 Å². The van der Waals surface area contributed by atoms with E-state index in [2.05, 4.69) is 12.1 Å². The average Bonchev–Trinajstić information content (AvgIpc) is 3.37. The summed E-state index contributed by atoms with van der Waals surface area (Å²) in [6, 6.07) is 13.0. The maximum Gasteiger partial charge on any atom is 0.309 e. The largest absolute Gasteiger partial charge is 0.491 e. The lowest BCUT2D eigenvalue weighted by Gasteiger charge is -2.37. The molecular formula is C23H25FO3. The van der Waals surface area contributed by atoms with Crippen LogP contribution in [0.1, 0.15) is 44.6 Å². The first-order chi connectivity index (χ1) is 12.9.